The molecule has 3 aromatic carbocycles. The fourth-order valence-corrected chi connectivity index (χ4v) is 4.53. The van der Waals surface area contributed by atoms with Gasteiger partial charge in [0.25, 0.3) is 5.91 Å². The minimum absolute atomic E-state index is 0.169. The van der Waals surface area contributed by atoms with Crippen LogP contribution in [0.1, 0.15) is 34.0 Å². The number of carboxylic acids is 1. The highest BCUT2D eigenvalue weighted by Gasteiger charge is 2.35. The predicted molar refractivity (Wildman–Crippen MR) is 128 cm³/mol. The van der Waals surface area contributed by atoms with E-state index in [1.807, 2.05) is 31.2 Å². The molecule has 1 N–H and O–H groups in total. The Kier molecular flexibility index (Phi) is 6.63. The molecule has 0 aromatic heterocycles. The van der Waals surface area contributed by atoms with Crippen LogP contribution in [0.25, 0.3) is 0 Å². The lowest BCUT2D eigenvalue weighted by Crippen LogP contribution is -2.35. The summed E-state index contributed by atoms with van der Waals surface area (Å²) in [5.74, 6) is -0.687. The summed E-state index contributed by atoms with van der Waals surface area (Å²) in [5.41, 5.74) is 2.77. The van der Waals surface area contributed by atoms with Crippen molar-refractivity contribution in [3.05, 3.63) is 99.0 Å². The van der Waals surface area contributed by atoms with Crippen LogP contribution in [-0.2, 0) is 24.2 Å². The molecule has 3 aromatic rings. The second-order valence-corrected chi connectivity index (χ2v) is 9.41. The zero-order valence-electron chi connectivity index (χ0n) is 18.1. The van der Waals surface area contributed by atoms with Crippen molar-refractivity contribution in [2.24, 2.45) is 0 Å². The van der Waals surface area contributed by atoms with Crippen molar-refractivity contribution >= 4 is 35.1 Å². The first kappa shape index (κ1) is 23.1. The first-order chi connectivity index (χ1) is 15.7. The summed E-state index contributed by atoms with van der Waals surface area (Å²) >= 11 is 12.1. The summed E-state index contributed by atoms with van der Waals surface area (Å²) in [6.45, 7) is 1.80. The van der Waals surface area contributed by atoms with E-state index in [0.717, 1.165) is 22.4 Å². The van der Waals surface area contributed by atoms with Gasteiger partial charge in [-0.05, 0) is 66.1 Å². The summed E-state index contributed by atoms with van der Waals surface area (Å²) in [5, 5.41) is 10.6. The van der Waals surface area contributed by atoms with E-state index in [2.05, 4.69) is 0 Å². The van der Waals surface area contributed by atoms with E-state index < -0.39 is 18.1 Å². The van der Waals surface area contributed by atoms with Crippen molar-refractivity contribution in [3.63, 3.8) is 0 Å². The summed E-state index contributed by atoms with van der Waals surface area (Å²) in [6, 6.07) is 20.0. The number of hydrogen-bond donors (Lipinski definition) is 1. The average molecular weight is 484 g/mol. The lowest BCUT2D eigenvalue weighted by atomic mass is 9.91. The number of hydrogen-bond acceptors (Lipinski definition) is 3. The number of carboxylic acid groups (broad SMARTS) is 1. The topological polar surface area (TPSA) is 66.8 Å². The maximum atomic E-state index is 13.2. The number of carbonyl (C=O) groups is 2. The highest BCUT2D eigenvalue weighted by atomic mass is 35.5. The van der Waals surface area contributed by atoms with Crippen LogP contribution in [0, 0.1) is 0 Å². The standard InChI is InChI=1S/C26H23Cl2NO4/c1-26(13-18-3-2-4-22(28)11-18)14-20-12-19(7-10-23(20)33-26)25(32)29(16-24(30)31)15-17-5-8-21(27)9-6-17/h2-12H,13-16H2,1H3,(H,30,31)/t26-/m1/s1. The zero-order valence-corrected chi connectivity index (χ0v) is 19.6. The number of amides is 1. The third kappa shape index (κ3) is 5.67. The molecule has 1 aliphatic rings. The number of carbonyl (C=O) groups excluding carboxylic acids is 1. The van der Waals surface area contributed by atoms with E-state index in [1.54, 1.807) is 42.5 Å². The van der Waals surface area contributed by atoms with Crippen molar-refractivity contribution in [2.75, 3.05) is 6.54 Å². The fraction of sp³-hybridized carbons (Fsp3) is 0.231. The summed E-state index contributed by atoms with van der Waals surface area (Å²) in [7, 11) is 0. The van der Waals surface area contributed by atoms with Crippen molar-refractivity contribution in [1.29, 1.82) is 0 Å². The fourth-order valence-electron chi connectivity index (χ4n) is 4.19. The molecular weight excluding hydrogens is 461 g/mol. The largest absolute Gasteiger partial charge is 0.487 e. The molecule has 0 radical (unpaired) electrons. The van der Waals surface area contributed by atoms with E-state index in [4.69, 9.17) is 27.9 Å². The first-order valence-corrected chi connectivity index (χ1v) is 11.3. The molecule has 1 amide bonds. The van der Waals surface area contributed by atoms with Crippen LogP contribution in [0.15, 0.2) is 66.7 Å². The van der Waals surface area contributed by atoms with Gasteiger partial charge in [0.05, 0.1) is 0 Å². The van der Waals surface area contributed by atoms with E-state index >= 15 is 0 Å². The minimum atomic E-state index is -1.07. The number of rotatable bonds is 7. The Morgan fingerprint density at radius 2 is 1.76 bits per heavy atom. The SMILES string of the molecule is C[C@@]1(Cc2cccc(Cl)c2)Cc2cc(C(=O)N(CC(=O)O)Cc3ccc(Cl)cc3)ccc2O1. The Morgan fingerprint density at radius 3 is 2.45 bits per heavy atom. The summed E-state index contributed by atoms with van der Waals surface area (Å²) in [6.07, 6.45) is 1.30. The molecule has 5 nitrogen and oxygen atoms in total. The maximum absolute atomic E-state index is 13.2. The monoisotopic (exact) mass is 483 g/mol. The lowest BCUT2D eigenvalue weighted by Gasteiger charge is -2.24. The quantitative estimate of drug-likeness (QED) is 0.470. The Morgan fingerprint density at radius 1 is 1.00 bits per heavy atom. The Bertz CT molecular complexity index is 1200. The highest BCUT2D eigenvalue weighted by Crippen LogP contribution is 2.38. The van der Waals surface area contributed by atoms with Gasteiger partial charge in [-0.25, -0.2) is 0 Å². The molecule has 0 bridgehead atoms. The Labute approximate surface area is 202 Å². The van der Waals surface area contributed by atoms with Crippen molar-refractivity contribution < 1.29 is 19.4 Å². The van der Waals surface area contributed by atoms with Crippen LogP contribution in [0.3, 0.4) is 0 Å². The molecule has 0 unspecified atom stereocenters. The van der Waals surface area contributed by atoms with Crippen LogP contribution in [0.5, 0.6) is 5.75 Å². The molecule has 1 heterocycles. The van der Waals surface area contributed by atoms with Gasteiger partial charge in [0.1, 0.15) is 17.9 Å². The third-order valence-electron chi connectivity index (χ3n) is 5.60. The van der Waals surface area contributed by atoms with Crippen LogP contribution in [-0.4, -0.2) is 34.0 Å². The molecule has 0 saturated heterocycles. The van der Waals surface area contributed by atoms with Crippen molar-refractivity contribution in [1.82, 2.24) is 4.90 Å². The van der Waals surface area contributed by atoms with Crippen LogP contribution in [0.2, 0.25) is 10.0 Å². The Balaban J connectivity index is 1.53. The van der Waals surface area contributed by atoms with Gasteiger partial charge < -0.3 is 14.7 Å². The predicted octanol–water partition coefficient (Wildman–Crippen LogP) is 5.66. The van der Waals surface area contributed by atoms with E-state index in [-0.39, 0.29) is 12.5 Å². The molecule has 170 valence electrons. The van der Waals surface area contributed by atoms with E-state index in [9.17, 15) is 14.7 Å². The maximum Gasteiger partial charge on any atom is 0.323 e. The number of fused-ring (bicyclic) bond motifs is 1. The Hall–Kier alpha value is -3.02. The van der Waals surface area contributed by atoms with Gasteiger partial charge in [-0.2, -0.15) is 0 Å². The molecule has 4 rings (SSSR count). The van der Waals surface area contributed by atoms with E-state index in [0.29, 0.717) is 28.5 Å². The van der Waals surface area contributed by atoms with Crippen molar-refractivity contribution in [3.8, 4) is 5.75 Å². The van der Waals surface area contributed by atoms with Gasteiger partial charge >= 0.3 is 5.97 Å². The number of ether oxygens (including phenoxy) is 1. The molecule has 1 aliphatic heterocycles. The van der Waals surface area contributed by atoms with Crippen LogP contribution in [0.4, 0.5) is 0 Å². The van der Waals surface area contributed by atoms with Crippen LogP contribution >= 0.6 is 23.2 Å². The van der Waals surface area contributed by atoms with Gasteiger partial charge in [-0.3, -0.25) is 9.59 Å². The lowest BCUT2D eigenvalue weighted by molar-refractivity contribution is -0.137. The average Bonchev–Trinajstić information content (AvgIpc) is 3.08. The number of halogens is 2. The molecule has 0 spiro atoms. The smallest absolute Gasteiger partial charge is 0.323 e. The summed E-state index contributed by atoms with van der Waals surface area (Å²) < 4.78 is 6.23. The molecular formula is C26H23Cl2NO4. The van der Waals surface area contributed by atoms with Gasteiger partial charge in [-0.15, -0.1) is 0 Å². The minimum Gasteiger partial charge on any atom is -0.487 e. The van der Waals surface area contributed by atoms with Crippen molar-refractivity contribution in [2.45, 2.75) is 31.9 Å². The third-order valence-corrected chi connectivity index (χ3v) is 6.08. The highest BCUT2D eigenvalue weighted by molar-refractivity contribution is 6.30. The van der Waals surface area contributed by atoms with E-state index in [1.165, 1.54) is 4.90 Å². The molecule has 0 fully saturated rings. The summed E-state index contributed by atoms with van der Waals surface area (Å²) in [4.78, 5) is 26.0. The second kappa shape index (κ2) is 9.46. The zero-order chi connectivity index (χ0) is 23.6. The molecule has 1 atom stereocenters. The van der Waals surface area contributed by atoms with Gasteiger partial charge in [0, 0.05) is 35.0 Å². The molecule has 33 heavy (non-hydrogen) atoms. The van der Waals surface area contributed by atoms with Gasteiger partial charge in [-0.1, -0.05) is 47.5 Å². The first-order valence-electron chi connectivity index (χ1n) is 10.5. The normalized spacial score (nSPS) is 16.7. The van der Waals surface area contributed by atoms with Gasteiger partial charge in [0.15, 0.2) is 0 Å². The molecule has 0 saturated carbocycles. The molecule has 7 heteroatoms. The van der Waals surface area contributed by atoms with Crippen LogP contribution < -0.4 is 4.74 Å². The molecule has 0 aliphatic carbocycles. The number of benzene rings is 3. The van der Waals surface area contributed by atoms with Gasteiger partial charge in [0.2, 0.25) is 0 Å². The second-order valence-electron chi connectivity index (χ2n) is 8.54. The number of aliphatic carboxylic acids is 1. The number of nitrogens with zero attached hydrogens (tertiary/aromatic N) is 1.